The minimum atomic E-state index is 0.911. The monoisotopic (exact) mass is 235 g/mol. The molecule has 0 fully saturated rings. The van der Waals surface area contributed by atoms with Gasteiger partial charge in [-0.1, -0.05) is 41.6 Å². The summed E-state index contributed by atoms with van der Waals surface area (Å²) in [7, 11) is 0. The fraction of sp³-hybridized carbons (Fsp3) is 0.0667. The molecule has 1 heterocycles. The van der Waals surface area contributed by atoms with E-state index in [-0.39, 0.29) is 0 Å². The molecule has 0 unspecified atom stereocenters. The zero-order valence-electron chi connectivity index (χ0n) is 10.1. The van der Waals surface area contributed by atoms with E-state index in [0.29, 0.717) is 0 Å². The number of fused-ring (bicyclic) bond motifs is 1. The summed E-state index contributed by atoms with van der Waals surface area (Å²) in [5.74, 6) is 0. The van der Waals surface area contributed by atoms with Crippen molar-refractivity contribution in [2.24, 2.45) is 0 Å². The molecule has 0 bridgehead atoms. The number of aromatic nitrogens is 3. The molecule has 0 saturated carbocycles. The molecule has 3 aromatic rings. The van der Waals surface area contributed by atoms with Crippen molar-refractivity contribution in [3.63, 3.8) is 0 Å². The number of hydrogen-bond acceptors (Lipinski definition) is 2. The van der Waals surface area contributed by atoms with Crippen molar-refractivity contribution in [3.8, 4) is 5.69 Å². The van der Waals surface area contributed by atoms with Gasteiger partial charge in [0.05, 0.1) is 11.2 Å². The van der Waals surface area contributed by atoms with Crippen LogP contribution in [0.5, 0.6) is 0 Å². The number of rotatable bonds is 2. The number of benzene rings is 2. The van der Waals surface area contributed by atoms with Gasteiger partial charge in [-0.3, -0.25) is 0 Å². The molecule has 0 aliphatic heterocycles. The van der Waals surface area contributed by atoms with Gasteiger partial charge >= 0.3 is 0 Å². The molecule has 0 saturated heterocycles. The molecule has 3 nitrogen and oxygen atoms in total. The molecule has 0 spiro atoms. The van der Waals surface area contributed by atoms with Crippen LogP contribution in [0.1, 0.15) is 12.5 Å². The van der Waals surface area contributed by atoms with Gasteiger partial charge in [0.1, 0.15) is 5.52 Å². The Morgan fingerprint density at radius 3 is 2.83 bits per heavy atom. The lowest BCUT2D eigenvalue weighted by Crippen LogP contribution is -1.96. The molecule has 0 amide bonds. The fourth-order valence-electron chi connectivity index (χ4n) is 2.01. The van der Waals surface area contributed by atoms with Crippen LogP contribution in [0.4, 0.5) is 0 Å². The van der Waals surface area contributed by atoms with Crippen LogP contribution in [0.15, 0.2) is 54.6 Å². The molecule has 88 valence electrons. The summed E-state index contributed by atoms with van der Waals surface area (Å²) in [6, 6.07) is 16.2. The maximum absolute atomic E-state index is 4.21. The number of allylic oxidation sites excluding steroid dienone is 1. The summed E-state index contributed by atoms with van der Waals surface area (Å²) < 4.78 is 1.86. The maximum Gasteiger partial charge on any atom is 0.113 e. The third-order valence-electron chi connectivity index (χ3n) is 2.83. The average Bonchev–Trinajstić information content (AvgIpc) is 2.83. The first-order chi connectivity index (χ1) is 8.88. The summed E-state index contributed by atoms with van der Waals surface area (Å²) >= 11 is 0. The van der Waals surface area contributed by atoms with Gasteiger partial charge in [0, 0.05) is 0 Å². The lowest BCUT2D eigenvalue weighted by molar-refractivity contribution is 0.824. The maximum atomic E-state index is 4.21. The molecule has 0 N–H and O–H groups in total. The summed E-state index contributed by atoms with van der Waals surface area (Å²) in [6.45, 7) is 2.01. The van der Waals surface area contributed by atoms with Crippen LogP contribution in [-0.2, 0) is 0 Å². The summed E-state index contributed by atoms with van der Waals surface area (Å²) in [5, 5.41) is 8.38. The van der Waals surface area contributed by atoms with Gasteiger partial charge in [0.2, 0.25) is 0 Å². The van der Waals surface area contributed by atoms with E-state index in [4.69, 9.17) is 0 Å². The van der Waals surface area contributed by atoms with Gasteiger partial charge < -0.3 is 0 Å². The van der Waals surface area contributed by atoms with Gasteiger partial charge in [0.25, 0.3) is 0 Å². The predicted molar refractivity (Wildman–Crippen MR) is 73.6 cm³/mol. The first kappa shape index (κ1) is 10.7. The molecule has 0 aliphatic carbocycles. The van der Waals surface area contributed by atoms with E-state index < -0.39 is 0 Å². The largest absolute Gasteiger partial charge is 0.213 e. The summed E-state index contributed by atoms with van der Waals surface area (Å²) in [5.41, 5.74) is 4.12. The second-order valence-corrected chi connectivity index (χ2v) is 4.08. The minimum absolute atomic E-state index is 0.911. The molecular formula is C15H13N3. The van der Waals surface area contributed by atoms with E-state index in [1.807, 2.05) is 54.1 Å². The van der Waals surface area contributed by atoms with E-state index >= 15 is 0 Å². The Hall–Kier alpha value is -2.42. The van der Waals surface area contributed by atoms with Crippen molar-refractivity contribution in [1.29, 1.82) is 0 Å². The zero-order valence-corrected chi connectivity index (χ0v) is 10.1. The number of hydrogen-bond donors (Lipinski definition) is 0. The lowest BCUT2D eigenvalue weighted by Gasteiger charge is -2.03. The Morgan fingerprint density at radius 1 is 1.06 bits per heavy atom. The van der Waals surface area contributed by atoms with Crippen LogP contribution in [-0.4, -0.2) is 15.0 Å². The molecule has 3 heteroatoms. The van der Waals surface area contributed by atoms with Crippen molar-refractivity contribution in [2.45, 2.75) is 6.92 Å². The topological polar surface area (TPSA) is 30.7 Å². The Balaban J connectivity index is 2.17. The fourth-order valence-corrected chi connectivity index (χ4v) is 2.01. The van der Waals surface area contributed by atoms with Crippen molar-refractivity contribution in [2.75, 3.05) is 0 Å². The van der Waals surface area contributed by atoms with E-state index in [2.05, 4.69) is 28.5 Å². The smallest absolute Gasteiger partial charge is 0.113 e. The van der Waals surface area contributed by atoms with Crippen molar-refractivity contribution in [3.05, 3.63) is 60.2 Å². The van der Waals surface area contributed by atoms with Crippen LogP contribution >= 0.6 is 0 Å². The average molecular weight is 235 g/mol. The highest BCUT2D eigenvalue weighted by molar-refractivity contribution is 5.76. The number of nitrogens with zero attached hydrogens (tertiary/aromatic N) is 3. The van der Waals surface area contributed by atoms with Crippen LogP contribution in [0.3, 0.4) is 0 Å². The Bertz CT molecular complexity index is 710. The van der Waals surface area contributed by atoms with E-state index in [9.17, 15) is 0 Å². The predicted octanol–water partition coefficient (Wildman–Crippen LogP) is 3.45. The minimum Gasteiger partial charge on any atom is -0.213 e. The first-order valence-electron chi connectivity index (χ1n) is 5.92. The third kappa shape index (κ3) is 1.80. The highest BCUT2D eigenvalue weighted by atomic mass is 15.4. The SMILES string of the molecule is CC=Cc1cccc(-n2nnc3ccccc32)c1. The van der Waals surface area contributed by atoms with Gasteiger partial charge in [-0.15, -0.1) is 5.10 Å². The van der Waals surface area contributed by atoms with Crippen LogP contribution in [0.25, 0.3) is 22.8 Å². The van der Waals surface area contributed by atoms with Gasteiger partial charge in [-0.25, -0.2) is 4.68 Å². The summed E-state index contributed by atoms with van der Waals surface area (Å²) in [6.07, 6.45) is 4.10. The zero-order chi connectivity index (χ0) is 12.4. The number of para-hydroxylation sites is 1. The van der Waals surface area contributed by atoms with E-state index in [1.165, 1.54) is 0 Å². The molecular weight excluding hydrogens is 222 g/mol. The molecule has 0 atom stereocenters. The molecule has 3 rings (SSSR count). The van der Waals surface area contributed by atoms with Crippen LogP contribution in [0.2, 0.25) is 0 Å². The molecule has 1 aromatic heterocycles. The summed E-state index contributed by atoms with van der Waals surface area (Å²) in [4.78, 5) is 0. The van der Waals surface area contributed by atoms with Gasteiger partial charge in [-0.2, -0.15) is 0 Å². The Kier molecular flexibility index (Phi) is 2.65. The Morgan fingerprint density at radius 2 is 1.94 bits per heavy atom. The van der Waals surface area contributed by atoms with Crippen molar-refractivity contribution < 1.29 is 0 Å². The molecule has 18 heavy (non-hydrogen) atoms. The quantitative estimate of drug-likeness (QED) is 0.681. The van der Waals surface area contributed by atoms with Crippen molar-refractivity contribution in [1.82, 2.24) is 15.0 Å². The van der Waals surface area contributed by atoms with E-state index in [0.717, 1.165) is 22.3 Å². The third-order valence-corrected chi connectivity index (χ3v) is 2.83. The van der Waals surface area contributed by atoms with Gasteiger partial charge in [0.15, 0.2) is 0 Å². The molecule has 2 aromatic carbocycles. The lowest BCUT2D eigenvalue weighted by atomic mass is 10.2. The van der Waals surface area contributed by atoms with Crippen molar-refractivity contribution >= 4 is 17.1 Å². The molecule has 0 radical (unpaired) electrons. The normalized spacial score (nSPS) is 11.4. The second kappa shape index (κ2) is 4.45. The Labute approximate surface area is 105 Å². The molecule has 0 aliphatic rings. The van der Waals surface area contributed by atoms with Crippen LogP contribution < -0.4 is 0 Å². The highest BCUT2D eigenvalue weighted by Gasteiger charge is 2.05. The highest BCUT2D eigenvalue weighted by Crippen LogP contribution is 2.17. The van der Waals surface area contributed by atoms with Gasteiger partial charge in [-0.05, 0) is 36.8 Å². The van der Waals surface area contributed by atoms with E-state index in [1.54, 1.807) is 0 Å². The first-order valence-corrected chi connectivity index (χ1v) is 5.92. The standard InChI is InChI=1S/C15H13N3/c1-2-6-12-7-5-8-13(11-12)18-15-10-4-3-9-14(15)16-17-18/h2-11H,1H3. The van der Waals surface area contributed by atoms with Crippen LogP contribution in [0, 0.1) is 0 Å². The second-order valence-electron chi connectivity index (χ2n) is 4.08.